The van der Waals surface area contributed by atoms with E-state index in [1.165, 1.54) is 12.1 Å². The number of esters is 1. The molecular weight excluding hydrogens is 295 g/mol. The Balaban J connectivity index is 1.82. The van der Waals surface area contributed by atoms with Gasteiger partial charge >= 0.3 is 5.97 Å². The fourth-order valence-electron chi connectivity index (χ4n) is 4.49. The van der Waals surface area contributed by atoms with Gasteiger partial charge in [-0.1, -0.05) is 12.1 Å². The van der Waals surface area contributed by atoms with Crippen molar-refractivity contribution in [3.05, 3.63) is 35.6 Å². The fraction of sp³-hybridized carbons (Fsp3) is 0.611. The van der Waals surface area contributed by atoms with Gasteiger partial charge in [-0.25, -0.2) is 9.18 Å². The quantitative estimate of drug-likeness (QED) is 0.818. The van der Waals surface area contributed by atoms with Gasteiger partial charge < -0.3 is 15.8 Å². The van der Waals surface area contributed by atoms with Gasteiger partial charge in [-0.3, -0.25) is 0 Å². The number of carbonyl (C=O) groups is 1. The second-order valence-electron chi connectivity index (χ2n) is 6.98. The molecule has 0 amide bonds. The second-order valence-corrected chi connectivity index (χ2v) is 6.98. The summed E-state index contributed by atoms with van der Waals surface area (Å²) in [5.74, 6) is -0.0273. The van der Waals surface area contributed by atoms with E-state index in [2.05, 4.69) is 5.32 Å². The lowest BCUT2D eigenvalue weighted by Gasteiger charge is -2.47. The lowest BCUT2D eigenvalue weighted by atomic mass is 9.68. The molecule has 1 aromatic carbocycles. The predicted octanol–water partition coefficient (Wildman–Crippen LogP) is 2.36. The Kier molecular flexibility index (Phi) is 4.19. The van der Waals surface area contributed by atoms with Gasteiger partial charge in [0.2, 0.25) is 0 Å². The standard InChI is InChI=1S/C18H25FN2O2/c1-3-23-16(22)18(20)14-7-6-13(10-14)17(18,2)21-11-12-4-8-15(19)9-5-12/h4-5,8-9,13-14,21H,3,6-7,10-11,20H2,1-2H3/t13-,14+,17+,18-/m1/s1. The van der Waals surface area contributed by atoms with Gasteiger partial charge in [-0.05, 0) is 62.6 Å². The number of nitrogens with two attached hydrogens (primary N) is 1. The molecule has 0 aliphatic heterocycles. The smallest absolute Gasteiger partial charge is 0.328 e. The van der Waals surface area contributed by atoms with Crippen molar-refractivity contribution < 1.29 is 13.9 Å². The third kappa shape index (κ3) is 2.46. The molecule has 2 aliphatic carbocycles. The molecule has 0 spiro atoms. The highest BCUT2D eigenvalue weighted by Gasteiger charge is 2.67. The number of hydrogen-bond acceptors (Lipinski definition) is 4. The van der Waals surface area contributed by atoms with Gasteiger partial charge in [0.05, 0.1) is 6.61 Å². The molecule has 4 atom stereocenters. The first kappa shape index (κ1) is 16.4. The van der Waals surface area contributed by atoms with Crippen LogP contribution in [0.2, 0.25) is 0 Å². The molecular formula is C18H25FN2O2. The Morgan fingerprint density at radius 1 is 1.35 bits per heavy atom. The van der Waals surface area contributed by atoms with Crippen LogP contribution in [0.25, 0.3) is 0 Å². The zero-order valence-electron chi connectivity index (χ0n) is 13.8. The molecule has 2 saturated carbocycles. The van der Waals surface area contributed by atoms with E-state index in [4.69, 9.17) is 10.5 Å². The third-order valence-corrected chi connectivity index (χ3v) is 5.94. The average Bonchev–Trinajstić information content (AvgIpc) is 3.10. The third-order valence-electron chi connectivity index (χ3n) is 5.94. The molecule has 0 saturated heterocycles. The highest BCUT2D eigenvalue weighted by Crippen LogP contribution is 2.56. The van der Waals surface area contributed by atoms with Crippen molar-refractivity contribution in [3.63, 3.8) is 0 Å². The van der Waals surface area contributed by atoms with Crippen molar-refractivity contribution in [2.75, 3.05) is 6.61 Å². The van der Waals surface area contributed by atoms with Crippen LogP contribution in [-0.4, -0.2) is 23.7 Å². The van der Waals surface area contributed by atoms with Crippen LogP contribution < -0.4 is 11.1 Å². The minimum Gasteiger partial charge on any atom is -0.465 e. The summed E-state index contributed by atoms with van der Waals surface area (Å²) in [5, 5.41) is 3.51. The van der Waals surface area contributed by atoms with Gasteiger partial charge in [0, 0.05) is 12.1 Å². The lowest BCUT2D eigenvalue weighted by molar-refractivity contribution is -0.155. The van der Waals surface area contributed by atoms with E-state index in [-0.39, 0.29) is 17.7 Å². The maximum atomic E-state index is 13.0. The first-order chi connectivity index (χ1) is 10.9. The van der Waals surface area contributed by atoms with E-state index >= 15 is 0 Å². The number of carbonyl (C=O) groups excluding carboxylic acids is 1. The topological polar surface area (TPSA) is 64.3 Å². The number of halogens is 1. The van der Waals surface area contributed by atoms with Crippen LogP contribution in [0.3, 0.4) is 0 Å². The van der Waals surface area contributed by atoms with Crippen molar-refractivity contribution in [2.24, 2.45) is 17.6 Å². The SMILES string of the molecule is CCOC(=O)[C@]1(N)[C@H]2CC[C@H](C2)[C@]1(C)NCc1ccc(F)cc1. The molecule has 2 fully saturated rings. The molecule has 3 N–H and O–H groups in total. The largest absolute Gasteiger partial charge is 0.465 e. The number of ether oxygens (including phenoxy) is 1. The summed E-state index contributed by atoms with van der Waals surface area (Å²) in [6, 6.07) is 6.39. The highest BCUT2D eigenvalue weighted by atomic mass is 19.1. The van der Waals surface area contributed by atoms with E-state index in [9.17, 15) is 9.18 Å². The first-order valence-electron chi connectivity index (χ1n) is 8.37. The van der Waals surface area contributed by atoms with Gasteiger partial charge in [0.25, 0.3) is 0 Å². The fourth-order valence-corrected chi connectivity index (χ4v) is 4.49. The normalized spacial score (nSPS) is 35.5. The average molecular weight is 320 g/mol. The predicted molar refractivity (Wildman–Crippen MR) is 86.0 cm³/mol. The molecule has 3 rings (SSSR count). The maximum absolute atomic E-state index is 13.0. The Morgan fingerprint density at radius 2 is 2.00 bits per heavy atom. The number of hydrogen-bond donors (Lipinski definition) is 2. The summed E-state index contributed by atoms with van der Waals surface area (Å²) in [6.07, 6.45) is 3.02. The van der Waals surface area contributed by atoms with Crippen LogP contribution in [-0.2, 0) is 16.1 Å². The van der Waals surface area contributed by atoms with Crippen LogP contribution in [0.1, 0.15) is 38.7 Å². The Labute approximate surface area is 136 Å². The molecule has 1 aromatic rings. The summed E-state index contributed by atoms with van der Waals surface area (Å²) >= 11 is 0. The van der Waals surface area contributed by atoms with Gasteiger partial charge in [-0.2, -0.15) is 0 Å². The second kappa shape index (κ2) is 5.87. The van der Waals surface area contributed by atoms with E-state index in [0.29, 0.717) is 19.1 Å². The molecule has 126 valence electrons. The van der Waals surface area contributed by atoms with Gasteiger partial charge in [0.15, 0.2) is 0 Å². The first-order valence-corrected chi connectivity index (χ1v) is 8.37. The number of nitrogens with one attached hydrogen (secondary N) is 1. The van der Waals surface area contributed by atoms with Crippen LogP contribution in [0.5, 0.6) is 0 Å². The summed E-state index contributed by atoms with van der Waals surface area (Å²) in [5.41, 5.74) is 6.12. The number of fused-ring (bicyclic) bond motifs is 2. The summed E-state index contributed by atoms with van der Waals surface area (Å²) in [7, 11) is 0. The van der Waals surface area contributed by atoms with Crippen molar-refractivity contribution in [2.45, 2.75) is 50.7 Å². The van der Waals surface area contributed by atoms with Crippen LogP contribution in [0.15, 0.2) is 24.3 Å². The van der Waals surface area contributed by atoms with Crippen LogP contribution in [0, 0.1) is 17.7 Å². The summed E-state index contributed by atoms with van der Waals surface area (Å²) in [4.78, 5) is 12.6. The Morgan fingerprint density at radius 3 is 2.65 bits per heavy atom. The monoisotopic (exact) mass is 320 g/mol. The Bertz CT molecular complexity index is 591. The molecule has 2 bridgehead atoms. The molecule has 2 aliphatic rings. The Hall–Kier alpha value is -1.46. The van der Waals surface area contributed by atoms with Gasteiger partial charge in [-0.15, -0.1) is 0 Å². The summed E-state index contributed by atoms with van der Waals surface area (Å²) < 4.78 is 18.3. The zero-order chi connectivity index (χ0) is 16.7. The van der Waals surface area contributed by atoms with Crippen LogP contribution >= 0.6 is 0 Å². The molecule has 23 heavy (non-hydrogen) atoms. The number of rotatable bonds is 5. The van der Waals surface area contributed by atoms with E-state index in [0.717, 1.165) is 24.8 Å². The maximum Gasteiger partial charge on any atom is 0.328 e. The van der Waals surface area contributed by atoms with Crippen molar-refractivity contribution in [1.82, 2.24) is 5.32 Å². The minimum atomic E-state index is -0.994. The molecule has 4 nitrogen and oxygen atoms in total. The molecule has 0 radical (unpaired) electrons. The van der Waals surface area contributed by atoms with Crippen molar-refractivity contribution >= 4 is 5.97 Å². The number of benzene rings is 1. The van der Waals surface area contributed by atoms with Gasteiger partial charge in [0.1, 0.15) is 11.4 Å². The lowest BCUT2D eigenvalue weighted by Crippen LogP contribution is -2.73. The van der Waals surface area contributed by atoms with Crippen molar-refractivity contribution in [1.29, 1.82) is 0 Å². The zero-order valence-corrected chi connectivity index (χ0v) is 13.8. The van der Waals surface area contributed by atoms with Crippen LogP contribution in [0.4, 0.5) is 4.39 Å². The van der Waals surface area contributed by atoms with Crippen molar-refractivity contribution in [3.8, 4) is 0 Å². The molecule has 0 aromatic heterocycles. The molecule has 0 heterocycles. The van der Waals surface area contributed by atoms with E-state index in [1.807, 2.05) is 6.92 Å². The van der Waals surface area contributed by atoms with E-state index < -0.39 is 11.1 Å². The van der Waals surface area contributed by atoms with E-state index in [1.54, 1.807) is 19.1 Å². The highest BCUT2D eigenvalue weighted by molar-refractivity contribution is 5.84. The minimum absolute atomic E-state index is 0.164. The summed E-state index contributed by atoms with van der Waals surface area (Å²) in [6.45, 7) is 4.73. The molecule has 0 unspecified atom stereocenters. The molecule has 5 heteroatoms.